The molecule has 0 radical (unpaired) electrons. The maximum absolute atomic E-state index is 12.6. The first kappa shape index (κ1) is 22.5. The molecular weight excluding hydrogens is 387 g/mol. The number of aryl methyl sites for hydroxylation is 1. The van der Waals surface area contributed by atoms with Crippen LogP contribution in [0.1, 0.15) is 43.6 Å². The van der Waals surface area contributed by atoms with E-state index in [0.717, 1.165) is 70.0 Å². The predicted octanol–water partition coefficient (Wildman–Crippen LogP) is 2.64. The Hall–Kier alpha value is -0.820. The highest BCUT2D eigenvalue weighted by Gasteiger charge is 2.40. The van der Waals surface area contributed by atoms with Gasteiger partial charge in [-0.15, -0.1) is 24.8 Å². The molecule has 4 heterocycles. The highest BCUT2D eigenvalue weighted by Crippen LogP contribution is 2.33. The second kappa shape index (κ2) is 10.1. The molecule has 1 aromatic heterocycles. The molecule has 2 atom stereocenters. The molecule has 3 aliphatic rings. The predicted molar refractivity (Wildman–Crippen MR) is 109 cm³/mol. The topological polar surface area (TPSA) is 61.6 Å². The van der Waals surface area contributed by atoms with Crippen LogP contribution in [0.5, 0.6) is 0 Å². The number of hydrogen-bond donors (Lipinski definition) is 1. The van der Waals surface area contributed by atoms with Gasteiger partial charge in [-0.25, -0.2) is 0 Å². The van der Waals surface area contributed by atoms with E-state index in [-0.39, 0.29) is 24.8 Å². The quantitative estimate of drug-likeness (QED) is 0.813. The molecule has 0 aliphatic carbocycles. The molecule has 1 N–H and O–H groups in total. The van der Waals surface area contributed by atoms with Crippen LogP contribution in [-0.2, 0) is 11.3 Å². The number of hydrogen-bond acceptors (Lipinski definition) is 5. The Morgan fingerprint density at radius 2 is 2.00 bits per heavy atom. The molecule has 1 aromatic rings. The number of halogens is 2. The molecule has 1 amide bonds. The molecular formula is C19H32Cl2N4O2. The van der Waals surface area contributed by atoms with Crippen molar-refractivity contribution in [1.82, 2.24) is 20.3 Å². The monoisotopic (exact) mass is 418 g/mol. The average molecular weight is 419 g/mol. The number of amides is 1. The van der Waals surface area contributed by atoms with E-state index >= 15 is 0 Å². The van der Waals surface area contributed by atoms with Gasteiger partial charge < -0.3 is 14.7 Å². The summed E-state index contributed by atoms with van der Waals surface area (Å²) in [5.41, 5.74) is 0.946. The molecule has 8 heteroatoms. The van der Waals surface area contributed by atoms with Gasteiger partial charge in [-0.2, -0.15) is 0 Å². The standard InChI is InChI=1S/C19H30N4O2.2ClH/c1-14-10-17(25-21-14)13-22-9-6-18-16(12-22)2-3-19(24)23(18)11-15-4-7-20-8-5-15;;/h10,15-16,18,20H,2-9,11-13H2,1H3;2*1H/t16-,18+;;/m0../s1. The van der Waals surface area contributed by atoms with E-state index in [4.69, 9.17) is 4.52 Å². The van der Waals surface area contributed by atoms with Crippen LogP contribution in [-0.4, -0.2) is 59.6 Å². The number of piperidine rings is 3. The lowest BCUT2D eigenvalue weighted by molar-refractivity contribution is -0.142. The first-order chi connectivity index (χ1) is 12.2. The highest BCUT2D eigenvalue weighted by molar-refractivity contribution is 5.85. The Morgan fingerprint density at radius 1 is 1.22 bits per heavy atom. The third kappa shape index (κ3) is 5.37. The van der Waals surface area contributed by atoms with Gasteiger partial charge in [-0.1, -0.05) is 5.16 Å². The molecule has 3 fully saturated rings. The number of nitrogens with one attached hydrogen (secondary N) is 1. The molecule has 4 rings (SSSR count). The van der Waals surface area contributed by atoms with Crippen LogP contribution < -0.4 is 5.32 Å². The number of nitrogens with zero attached hydrogens (tertiary/aromatic N) is 3. The van der Waals surface area contributed by atoms with E-state index in [1.165, 1.54) is 12.8 Å². The summed E-state index contributed by atoms with van der Waals surface area (Å²) in [6, 6.07) is 2.48. The summed E-state index contributed by atoms with van der Waals surface area (Å²) in [6.07, 6.45) is 5.27. The number of carbonyl (C=O) groups is 1. The Balaban J connectivity index is 0.00000131. The van der Waals surface area contributed by atoms with Crippen molar-refractivity contribution < 1.29 is 9.32 Å². The molecule has 0 aromatic carbocycles. The fourth-order valence-corrected chi connectivity index (χ4v) is 4.86. The maximum atomic E-state index is 12.6. The van der Waals surface area contributed by atoms with Crippen LogP contribution in [0.15, 0.2) is 10.6 Å². The summed E-state index contributed by atoms with van der Waals surface area (Å²) >= 11 is 0. The van der Waals surface area contributed by atoms with Crippen molar-refractivity contribution in [1.29, 1.82) is 0 Å². The SMILES string of the molecule is Cc1cc(CN2CC[C@@H]3[C@@H](CCC(=O)N3CC3CCNCC3)C2)on1.Cl.Cl. The summed E-state index contributed by atoms with van der Waals surface area (Å²) in [5.74, 6) is 2.63. The zero-order chi connectivity index (χ0) is 17.2. The zero-order valence-electron chi connectivity index (χ0n) is 16.1. The number of rotatable bonds is 4. The first-order valence-corrected chi connectivity index (χ1v) is 9.84. The van der Waals surface area contributed by atoms with Gasteiger partial charge in [0.25, 0.3) is 0 Å². The minimum Gasteiger partial charge on any atom is -0.360 e. The van der Waals surface area contributed by atoms with E-state index in [1.54, 1.807) is 0 Å². The fraction of sp³-hybridized carbons (Fsp3) is 0.789. The first-order valence-electron chi connectivity index (χ1n) is 9.84. The van der Waals surface area contributed by atoms with Crippen LogP contribution in [0.4, 0.5) is 0 Å². The molecule has 6 nitrogen and oxygen atoms in total. The molecule has 3 aliphatic heterocycles. The van der Waals surface area contributed by atoms with Gasteiger partial charge in [0.05, 0.1) is 12.2 Å². The van der Waals surface area contributed by atoms with Crippen molar-refractivity contribution in [2.45, 2.75) is 51.6 Å². The van der Waals surface area contributed by atoms with Gasteiger partial charge >= 0.3 is 0 Å². The van der Waals surface area contributed by atoms with Crippen molar-refractivity contribution in [3.8, 4) is 0 Å². The summed E-state index contributed by atoms with van der Waals surface area (Å²) in [6.45, 7) is 8.09. The van der Waals surface area contributed by atoms with Crippen LogP contribution in [0.3, 0.4) is 0 Å². The van der Waals surface area contributed by atoms with E-state index in [0.29, 0.717) is 23.8 Å². The van der Waals surface area contributed by atoms with E-state index in [9.17, 15) is 4.79 Å². The smallest absolute Gasteiger partial charge is 0.222 e. The lowest BCUT2D eigenvalue weighted by Gasteiger charge is -2.48. The van der Waals surface area contributed by atoms with E-state index in [1.807, 2.05) is 13.0 Å². The van der Waals surface area contributed by atoms with Gasteiger partial charge in [0.2, 0.25) is 5.91 Å². The summed E-state index contributed by atoms with van der Waals surface area (Å²) < 4.78 is 5.38. The molecule has 0 spiro atoms. The Bertz CT molecular complexity index is 606. The van der Waals surface area contributed by atoms with Gasteiger partial charge in [0.1, 0.15) is 0 Å². The number of carbonyl (C=O) groups excluding carboxylic acids is 1. The van der Waals surface area contributed by atoms with Gasteiger partial charge in [-0.05, 0) is 57.5 Å². The van der Waals surface area contributed by atoms with Crippen LogP contribution in [0.25, 0.3) is 0 Å². The maximum Gasteiger partial charge on any atom is 0.222 e. The van der Waals surface area contributed by atoms with Crippen molar-refractivity contribution in [2.75, 3.05) is 32.7 Å². The second-order valence-electron chi connectivity index (χ2n) is 8.06. The largest absolute Gasteiger partial charge is 0.360 e. The number of aromatic nitrogens is 1. The second-order valence-corrected chi connectivity index (χ2v) is 8.06. The third-order valence-electron chi connectivity index (χ3n) is 6.20. The van der Waals surface area contributed by atoms with Gasteiger partial charge in [-0.3, -0.25) is 9.69 Å². The van der Waals surface area contributed by atoms with Gasteiger partial charge in [0, 0.05) is 38.2 Å². The normalized spacial score (nSPS) is 26.9. The van der Waals surface area contributed by atoms with Crippen molar-refractivity contribution in [3.05, 3.63) is 17.5 Å². The van der Waals surface area contributed by atoms with Crippen molar-refractivity contribution >= 4 is 30.7 Å². The van der Waals surface area contributed by atoms with Crippen LogP contribution in [0.2, 0.25) is 0 Å². The van der Waals surface area contributed by atoms with Crippen LogP contribution in [0, 0.1) is 18.8 Å². The molecule has 0 saturated carbocycles. The zero-order valence-corrected chi connectivity index (χ0v) is 17.7. The minimum atomic E-state index is 0. The van der Waals surface area contributed by atoms with E-state index in [2.05, 4.69) is 20.3 Å². The fourth-order valence-electron chi connectivity index (χ4n) is 4.86. The summed E-state index contributed by atoms with van der Waals surface area (Å²) in [7, 11) is 0. The average Bonchev–Trinajstić information content (AvgIpc) is 3.03. The third-order valence-corrected chi connectivity index (χ3v) is 6.20. The molecule has 0 bridgehead atoms. The molecule has 27 heavy (non-hydrogen) atoms. The molecule has 3 saturated heterocycles. The summed E-state index contributed by atoms with van der Waals surface area (Å²) in [5, 5.41) is 7.42. The van der Waals surface area contributed by atoms with E-state index < -0.39 is 0 Å². The van der Waals surface area contributed by atoms with Crippen molar-refractivity contribution in [3.63, 3.8) is 0 Å². The number of likely N-dealkylation sites (tertiary alicyclic amines) is 2. The Kier molecular flexibility index (Phi) is 8.40. The Morgan fingerprint density at radius 3 is 2.70 bits per heavy atom. The lowest BCUT2D eigenvalue weighted by atomic mass is 9.82. The minimum absolute atomic E-state index is 0. The number of fused-ring (bicyclic) bond motifs is 1. The lowest BCUT2D eigenvalue weighted by Crippen LogP contribution is -2.57. The highest BCUT2D eigenvalue weighted by atomic mass is 35.5. The molecule has 154 valence electrons. The molecule has 0 unspecified atom stereocenters. The summed E-state index contributed by atoms with van der Waals surface area (Å²) in [4.78, 5) is 17.3. The van der Waals surface area contributed by atoms with Crippen LogP contribution >= 0.6 is 24.8 Å². The van der Waals surface area contributed by atoms with Gasteiger partial charge in [0.15, 0.2) is 5.76 Å². The van der Waals surface area contributed by atoms with Crippen molar-refractivity contribution in [2.24, 2.45) is 11.8 Å². The Labute approximate surface area is 174 Å².